The lowest BCUT2D eigenvalue weighted by Crippen LogP contribution is -2.55. The summed E-state index contributed by atoms with van der Waals surface area (Å²) in [5.41, 5.74) is 0.385. The number of oxime groups is 1. The van der Waals surface area contributed by atoms with Crippen LogP contribution in [0.5, 0.6) is 0 Å². The highest BCUT2D eigenvalue weighted by Gasteiger charge is 2.58. The molecule has 30 heavy (non-hydrogen) atoms. The van der Waals surface area contributed by atoms with Crippen molar-refractivity contribution in [2.24, 2.45) is 39.7 Å². The highest BCUT2D eigenvalue weighted by atomic mass is 16.6. The average Bonchev–Trinajstić information content (AvgIpc) is 3.09. The van der Waals surface area contributed by atoms with E-state index in [1.165, 1.54) is 51.4 Å². The van der Waals surface area contributed by atoms with Crippen LogP contribution in [0, 0.1) is 34.5 Å². The van der Waals surface area contributed by atoms with Gasteiger partial charge in [0.25, 0.3) is 0 Å². The van der Waals surface area contributed by atoms with Crippen LogP contribution in [0.4, 0.5) is 0 Å². The van der Waals surface area contributed by atoms with Crippen molar-refractivity contribution in [1.82, 2.24) is 4.90 Å². The molecular formula is C26H44N2O2. The predicted molar refractivity (Wildman–Crippen MR) is 123 cm³/mol. The summed E-state index contributed by atoms with van der Waals surface area (Å²) in [6.45, 7) is 6.61. The Morgan fingerprint density at radius 1 is 1.03 bits per heavy atom. The Morgan fingerprint density at radius 3 is 2.67 bits per heavy atom. The van der Waals surface area contributed by atoms with Gasteiger partial charge in [-0.05, 0) is 112 Å². The number of rotatable bonds is 6. The van der Waals surface area contributed by atoms with Crippen molar-refractivity contribution < 1.29 is 9.94 Å². The van der Waals surface area contributed by atoms with Gasteiger partial charge in [0.1, 0.15) is 6.61 Å². The summed E-state index contributed by atoms with van der Waals surface area (Å²) in [6, 6.07) is 0. The van der Waals surface area contributed by atoms with Gasteiger partial charge in [0.15, 0.2) is 0 Å². The van der Waals surface area contributed by atoms with Gasteiger partial charge < -0.3 is 14.8 Å². The van der Waals surface area contributed by atoms with Crippen molar-refractivity contribution in [3.05, 3.63) is 12.2 Å². The zero-order chi connectivity index (χ0) is 21.4. The van der Waals surface area contributed by atoms with Gasteiger partial charge in [0.05, 0.1) is 11.8 Å². The number of fused-ring (bicyclic) bond motifs is 5. The van der Waals surface area contributed by atoms with Gasteiger partial charge in [-0.3, -0.25) is 0 Å². The van der Waals surface area contributed by atoms with Crippen LogP contribution < -0.4 is 0 Å². The van der Waals surface area contributed by atoms with Crippen molar-refractivity contribution in [2.45, 2.75) is 83.7 Å². The monoisotopic (exact) mass is 416 g/mol. The highest BCUT2D eigenvalue weighted by molar-refractivity contribution is 5.70. The van der Waals surface area contributed by atoms with Crippen molar-refractivity contribution in [2.75, 3.05) is 27.2 Å². The summed E-state index contributed by atoms with van der Waals surface area (Å²) >= 11 is 0. The minimum absolute atomic E-state index is 0.427. The molecule has 0 bridgehead atoms. The number of aliphatic hydroxyl groups is 1. The summed E-state index contributed by atoms with van der Waals surface area (Å²) in [5, 5.41) is 15.3. The van der Waals surface area contributed by atoms with Crippen LogP contribution in [-0.2, 0) is 4.84 Å². The zero-order valence-corrected chi connectivity index (χ0v) is 19.8. The first-order chi connectivity index (χ1) is 14.3. The molecule has 0 aromatic heterocycles. The fourth-order valence-corrected chi connectivity index (χ4v) is 8.00. The molecular weight excluding hydrogens is 372 g/mol. The number of nitrogens with zero attached hydrogens (tertiary/aromatic N) is 2. The second-order valence-corrected chi connectivity index (χ2v) is 11.8. The lowest BCUT2D eigenvalue weighted by Gasteiger charge is -2.61. The topological polar surface area (TPSA) is 45.1 Å². The first kappa shape index (κ1) is 22.3. The van der Waals surface area contributed by atoms with Gasteiger partial charge in [-0.1, -0.05) is 31.5 Å². The Bertz CT molecular complexity index is 661. The minimum Gasteiger partial charge on any atom is -0.394 e. The standard InChI is InChI=1S/C26H44N2O2/c1-24-11-5-7-22(24)21-9-8-20-19-26(29,12-6-16-27-30-18-17-28(3)4)15-14-25(20,2)23(21)10-13-24/h6,12,16,20-23,29H,5,7-11,13-15,17-19H2,1-4H3/b12-6+,27-16+/t20-,21+,22+,23+,24+,25+,26+/m1/s1. The zero-order valence-electron chi connectivity index (χ0n) is 19.8. The van der Waals surface area contributed by atoms with E-state index < -0.39 is 5.60 Å². The van der Waals surface area contributed by atoms with Crippen LogP contribution in [-0.4, -0.2) is 49.1 Å². The molecule has 4 aliphatic carbocycles. The molecule has 0 heterocycles. The van der Waals surface area contributed by atoms with E-state index in [0.29, 0.717) is 23.4 Å². The molecule has 0 spiro atoms. The Morgan fingerprint density at radius 2 is 1.87 bits per heavy atom. The van der Waals surface area contributed by atoms with Crippen LogP contribution in [0.25, 0.3) is 0 Å². The molecule has 4 rings (SSSR count). The fraction of sp³-hybridized carbons (Fsp3) is 0.885. The maximum Gasteiger partial charge on any atom is 0.129 e. The van der Waals surface area contributed by atoms with Gasteiger partial charge in [0, 0.05) is 6.54 Å². The lowest BCUT2D eigenvalue weighted by molar-refractivity contribution is -0.135. The van der Waals surface area contributed by atoms with Crippen LogP contribution >= 0.6 is 0 Å². The van der Waals surface area contributed by atoms with E-state index >= 15 is 0 Å². The smallest absolute Gasteiger partial charge is 0.129 e. The van der Waals surface area contributed by atoms with E-state index in [2.05, 4.69) is 23.9 Å². The summed E-state index contributed by atoms with van der Waals surface area (Å²) in [7, 11) is 4.04. The van der Waals surface area contributed by atoms with E-state index in [9.17, 15) is 5.11 Å². The van der Waals surface area contributed by atoms with E-state index in [4.69, 9.17) is 4.84 Å². The molecule has 0 aliphatic heterocycles. The Balaban J connectivity index is 1.36. The van der Waals surface area contributed by atoms with Crippen LogP contribution in [0.15, 0.2) is 17.3 Å². The first-order valence-electron chi connectivity index (χ1n) is 12.5. The van der Waals surface area contributed by atoms with E-state index in [-0.39, 0.29) is 0 Å². The maximum atomic E-state index is 11.3. The SMILES string of the molecule is CN(C)CCO/N=C/C=C/[C@]1(O)CC[C@@]2(C)[C@H](CC[C@H]3[C@@H]4CCC[C@@]4(C)CC[C@@H]32)C1. The molecule has 0 amide bonds. The third-order valence-corrected chi connectivity index (χ3v) is 9.80. The van der Waals surface area contributed by atoms with Crippen molar-refractivity contribution in [3.8, 4) is 0 Å². The average molecular weight is 417 g/mol. The van der Waals surface area contributed by atoms with Crippen molar-refractivity contribution in [3.63, 3.8) is 0 Å². The molecule has 0 saturated heterocycles. The third-order valence-electron chi connectivity index (χ3n) is 9.80. The van der Waals surface area contributed by atoms with Crippen molar-refractivity contribution in [1.29, 1.82) is 0 Å². The summed E-state index contributed by atoms with van der Waals surface area (Å²) in [5.74, 6) is 3.45. The molecule has 1 N–H and O–H groups in total. The fourth-order valence-electron chi connectivity index (χ4n) is 8.00. The van der Waals surface area contributed by atoms with Crippen LogP contribution in [0.1, 0.15) is 78.1 Å². The Hall–Kier alpha value is -0.870. The predicted octanol–water partition coefficient (Wildman–Crippen LogP) is 5.27. The third kappa shape index (κ3) is 4.24. The molecule has 0 aromatic rings. The number of allylic oxidation sites excluding steroid dienone is 1. The molecule has 4 nitrogen and oxygen atoms in total. The molecule has 0 unspecified atom stereocenters. The summed E-state index contributed by atoms with van der Waals surface area (Å²) < 4.78 is 0. The van der Waals surface area contributed by atoms with Crippen LogP contribution in [0.3, 0.4) is 0 Å². The Kier molecular flexibility index (Phi) is 6.38. The van der Waals surface area contributed by atoms with E-state index in [1.54, 1.807) is 6.21 Å². The van der Waals surface area contributed by atoms with Gasteiger partial charge in [-0.2, -0.15) is 0 Å². The van der Waals surface area contributed by atoms with Gasteiger partial charge >= 0.3 is 0 Å². The molecule has 4 aliphatic rings. The van der Waals surface area contributed by atoms with E-state index in [0.717, 1.165) is 37.1 Å². The first-order valence-corrected chi connectivity index (χ1v) is 12.5. The van der Waals surface area contributed by atoms with Gasteiger partial charge in [-0.15, -0.1) is 0 Å². The second-order valence-electron chi connectivity index (χ2n) is 11.8. The number of hydrogen-bond donors (Lipinski definition) is 1. The molecule has 4 saturated carbocycles. The van der Waals surface area contributed by atoms with Gasteiger partial charge in [-0.25, -0.2) is 0 Å². The van der Waals surface area contributed by atoms with Crippen molar-refractivity contribution >= 4 is 6.21 Å². The molecule has 7 atom stereocenters. The van der Waals surface area contributed by atoms with Crippen LogP contribution in [0.2, 0.25) is 0 Å². The normalized spacial score (nSPS) is 46.2. The quantitative estimate of drug-likeness (QED) is 0.364. The minimum atomic E-state index is -0.677. The number of hydrogen-bond acceptors (Lipinski definition) is 4. The second kappa shape index (κ2) is 8.58. The highest BCUT2D eigenvalue weighted by Crippen LogP contribution is 2.66. The summed E-state index contributed by atoms with van der Waals surface area (Å²) in [6.07, 6.45) is 18.5. The molecule has 0 aromatic carbocycles. The molecule has 0 radical (unpaired) electrons. The summed E-state index contributed by atoms with van der Waals surface area (Å²) in [4.78, 5) is 7.34. The molecule has 170 valence electrons. The van der Waals surface area contributed by atoms with E-state index in [1.807, 2.05) is 26.2 Å². The van der Waals surface area contributed by atoms with Gasteiger partial charge in [0.2, 0.25) is 0 Å². The molecule has 4 heteroatoms. The largest absolute Gasteiger partial charge is 0.394 e. The maximum absolute atomic E-state index is 11.3. The molecule has 4 fully saturated rings. The lowest BCUT2D eigenvalue weighted by atomic mass is 9.44. The number of likely N-dealkylation sites (N-methyl/N-ethyl adjacent to an activating group) is 1. The Labute approximate surface area is 184 Å².